The van der Waals surface area contributed by atoms with Crippen molar-refractivity contribution in [3.63, 3.8) is 0 Å². The monoisotopic (exact) mass is 546 g/mol. The first-order valence-electron chi connectivity index (χ1n) is 9.17. The number of rotatable bonds is 5. The number of nitrogens with one attached hydrogen (secondary N) is 2. The van der Waals surface area contributed by atoms with Crippen molar-refractivity contribution in [2.24, 2.45) is 12.0 Å². The lowest BCUT2D eigenvalue weighted by molar-refractivity contribution is 0.606. The highest BCUT2D eigenvalue weighted by Crippen LogP contribution is 2.18. The molecule has 1 fully saturated rings. The van der Waals surface area contributed by atoms with Crippen LogP contribution in [0, 0.1) is 13.8 Å². The zero-order chi connectivity index (χ0) is 18.5. The van der Waals surface area contributed by atoms with Gasteiger partial charge in [-0.25, -0.2) is 4.99 Å². The fourth-order valence-electron chi connectivity index (χ4n) is 3.18. The van der Waals surface area contributed by atoms with Gasteiger partial charge in [0, 0.05) is 17.6 Å². The first kappa shape index (κ1) is 22.1. The first-order chi connectivity index (χ1) is 12.5. The van der Waals surface area contributed by atoms with Crippen LogP contribution in [0.3, 0.4) is 0 Å². The number of aromatic nitrogens is 3. The van der Waals surface area contributed by atoms with Crippen LogP contribution in [0.4, 0.5) is 0 Å². The molecule has 6 nitrogen and oxygen atoms in total. The van der Waals surface area contributed by atoms with Gasteiger partial charge in [-0.2, -0.15) is 0 Å². The van der Waals surface area contributed by atoms with E-state index in [1.54, 1.807) is 0 Å². The SMILES string of the molecule is Cc1cc(Br)ccc1CN=C(NCc1nnc(C)n1C)NC1CCCC1.I. The van der Waals surface area contributed by atoms with Crippen LogP contribution in [-0.2, 0) is 20.1 Å². The third kappa shape index (κ3) is 6.17. The summed E-state index contributed by atoms with van der Waals surface area (Å²) in [4.78, 5) is 4.82. The van der Waals surface area contributed by atoms with Gasteiger partial charge in [-0.1, -0.05) is 34.8 Å². The van der Waals surface area contributed by atoms with Crippen molar-refractivity contribution in [3.8, 4) is 0 Å². The topological polar surface area (TPSA) is 67.1 Å². The summed E-state index contributed by atoms with van der Waals surface area (Å²) in [5.41, 5.74) is 2.47. The molecule has 1 aliphatic carbocycles. The minimum atomic E-state index is 0. The third-order valence-corrected chi connectivity index (χ3v) is 5.50. The Morgan fingerprint density at radius 1 is 1.26 bits per heavy atom. The minimum Gasteiger partial charge on any atom is -0.354 e. The Bertz CT molecular complexity index is 783. The van der Waals surface area contributed by atoms with E-state index in [1.165, 1.54) is 36.8 Å². The van der Waals surface area contributed by atoms with Crippen LogP contribution in [-0.4, -0.2) is 26.8 Å². The quantitative estimate of drug-likeness (QED) is 0.338. The molecule has 3 rings (SSSR count). The van der Waals surface area contributed by atoms with Gasteiger partial charge in [-0.3, -0.25) is 0 Å². The maximum Gasteiger partial charge on any atom is 0.192 e. The normalized spacial score (nSPS) is 14.9. The summed E-state index contributed by atoms with van der Waals surface area (Å²) in [6.45, 7) is 5.34. The van der Waals surface area contributed by atoms with Crippen molar-refractivity contribution in [1.29, 1.82) is 0 Å². The number of hydrogen-bond donors (Lipinski definition) is 2. The van der Waals surface area contributed by atoms with E-state index in [0.717, 1.165) is 22.1 Å². The van der Waals surface area contributed by atoms with Gasteiger partial charge in [0.05, 0.1) is 13.1 Å². The molecule has 1 heterocycles. The van der Waals surface area contributed by atoms with E-state index in [9.17, 15) is 0 Å². The molecular formula is C19H28BrIN6. The molecule has 0 aliphatic heterocycles. The molecule has 0 saturated heterocycles. The second kappa shape index (κ2) is 10.4. The molecule has 1 aromatic carbocycles. The number of hydrogen-bond acceptors (Lipinski definition) is 3. The molecule has 1 aliphatic rings. The van der Waals surface area contributed by atoms with Gasteiger partial charge >= 0.3 is 0 Å². The zero-order valence-electron chi connectivity index (χ0n) is 16.1. The Kier molecular flexibility index (Phi) is 8.53. The Hall–Kier alpha value is -1.16. The Labute approximate surface area is 186 Å². The molecule has 8 heteroatoms. The first-order valence-corrected chi connectivity index (χ1v) is 9.97. The van der Waals surface area contributed by atoms with Crippen LogP contribution in [0.15, 0.2) is 27.7 Å². The fraction of sp³-hybridized carbons (Fsp3) is 0.526. The molecule has 0 atom stereocenters. The van der Waals surface area contributed by atoms with E-state index >= 15 is 0 Å². The average Bonchev–Trinajstić information content (AvgIpc) is 3.23. The van der Waals surface area contributed by atoms with Crippen LogP contribution in [0.1, 0.15) is 48.5 Å². The van der Waals surface area contributed by atoms with Crippen molar-refractivity contribution in [2.45, 2.75) is 58.7 Å². The van der Waals surface area contributed by atoms with E-state index < -0.39 is 0 Å². The van der Waals surface area contributed by atoms with Gasteiger partial charge in [0.25, 0.3) is 0 Å². The van der Waals surface area contributed by atoms with E-state index in [1.807, 2.05) is 18.5 Å². The van der Waals surface area contributed by atoms with Crippen LogP contribution >= 0.6 is 39.9 Å². The summed E-state index contributed by atoms with van der Waals surface area (Å²) in [7, 11) is 1.98. The number of aliphatic imine (C=N–C) groups is 1. The molecule has 2 N–H and O–H groups in total. The number of nitrogens with zero attached hydrogens (tertiary/aromatic N) is 4. The zero-order valence-corrected chi connectivity index (χ0v) is 20.0. The Morgan fingerprint density at radius 3 is 2.63 bits per heavy atom. The van der Waals surface area contributed by atoms with Crippen molar-refractivity contribution in [2.75, 3.05) is 0 Å². The van der Waals surface area contributed by atoms with E-state index in [4.69, 9.17) is 4.99 Å². The predicted molar refractivity (Wildman–Crippen MR) is 123 cm³/mol. The maximum atomic E-state index is 4.82. The largest absolute Gasteiger partial charge is 0.354 e. The summed E-state index contributed by atoms with van der Waals surface area (Å²) in [5.74, 6) is 2.66. The number of halogens is 2. The average molecular weight is 547 g/mol. The fourth-order valence-corrected chi connectivity index (χ4v) is 3.66. The van der Waals surface area contributed by atoms with Gasteiger partial charge < -0.3 is 15.2 Å². The highest BCUT2D eigenvalue weighted by molar-refractivity contribution is 14.0. The van der Waals surface area contributed by atoms with Crippen LogP contribution < -0.4 is 10.6 Å². The van der Waals surface area contributed by atoms with E-state index in [-0.39, 0.29) is 24.0 Å². The van der Waals surface area contributed by atoms with Crippen molar-refractivity contribution in [3.05, 3.63) is 45.4 Å². The highest BCUT2D eigenvalue weighted by Gasteiger charge is 2.16. The molecule has 1 saturated carbocycles. The van der Waals surface area contributed by atoms with Gasteiger partial charge in [0.1, 0.15) is 5.82 Å². The lowest BCUT2D eigenvalue weighted by Crippen LogP contribution is -2.42. The van der Waals surface area contributed by atoms with Crippen LogP contribution in [0.25, 0.3) is 0 Å². The van der Waals surface area contributed by atoms with Crippen molar-refractivity contribution >= 4 is 45.9 Å². The van der Waals surface area contributed by atoms with Crippen LogP contribution in [0.5, 0.6) is 0 Å². The van der Waals surface area contributed by atoms with Gasteiger partial charge in [-0.05, 0) is 49.9 Å². The summed E-state index contributed by atoms with van der Waals surface area (Å²) < 4.78 is 3.10. The summed E-state index contributed by atoms with van der Waals surface area (Å²) in [6, 6.07) is 6.83. The number of benzene rings is 1. The number of aryl methyl sites for hydroxylation is 2. The smallest absolute Gasteiger partial charge is 0.192 e. The van der Waals surface area contributed by atoms with Crippen molar-refractivity contribution in [1.82, 2.24) is 25.4 Å². The summed E-state index contributed by atoms with van der Waals surface area (Å²) in [6.07, 6.45) is 5.00. The second-order valence-corrected chi connectivity index (χ2v) is 7.85. The molecule has 2 aromatic rings. The molecule has 0 radical (unpaired) electrons. The van der Waals surface area contributed by atoms with Gasteiger partial charge in [0.2, 0.25) is 0 Å². The second-order valence-electron chi connectivity index (χ2n) is 6.94. The van der Waals surface area contributed by atoms with E-state index in [0.29, 0.717) is 19.1 Å². The molecule has 1 aromatic heterocycles. The molecule has 0 bridgehead atoms. The van der Waals surface area contributed by atoms with Gasteiger partial charge in [-0.15, -0.1) is 34.2 Å². The van der Waals surface area contributed by atoms with Crippen molar-refractivity contribution < 1.29 is 0 Å². The molecule has 148 valence electrons. The lowest BCUT2D eigenvalue weighted by Gasteiger charge is -2.17. The maximum absolute atomic E-state index is 4.82. The molecule has 0 unspecified atom stereocenters. The number of guanidine groups is 1. The summed E-state index contributed by atoms with van der Waals surface area (Å²) >= 11 is 3.52. The minimum absolute atomic E-state index is 0. The highest BCUT2D eigenvalue weighted by atomic mass is 127. The lowest BCUT2D eigenvalue weighted by atomic mass is 10.1. The molecule has 0 amide bonds. The molecular weight excluding hydrogens is 519 g/mol. The van der Waals surface area contributed by atoms with Gasteiger partial charge in [0.15, 0.2) is 11.8 Å². The Balaban J connectivity index is 0.00000261. The molecule has 27 heavy (non-hydrogen) atoms. The van der Waals surface area contributed by atoms with Crippen LogP contribution in [0.2, 0.25) is 0 Å². The molecule has 0 spiro atoms. The van der Waals surface area contributed by atoms with E-state index in [2.05, 4.69) is 61.9 Å². The standard InChI is InChI=1S/C19H27BrN6.HI/c1-13-10-16(20)9-8-15(13)11-21-19(23-17-6-4-5-7-17)22-12-18-25-24-14(2)26(18)3;/h8-10,17H,4-7,11-12H2,1-3H3,(H2,21,22,23);1H. The third-order valence-electron chi connectivity index (χ3n) is 5.00. The summed E-state index contributed by atoms with van der Waals surface area (Å²) in [5, 5.41) is 15.4. The predicted octanol–water partition coefficient (Wildman–Crippen LogP) is 3.99. The Morgan fingerprint density at radius 2 is 2.00 bits per heavy atom.